The molecule has 0 bridgehead atoms. The standard InChI is InChI=1S/C16H19FN2O2/c1-13-10-20-16(21-13,11-19-9-8-18-12-19)7-6-14-2-4-15(17)5-3-14/h2-5,8-9,12-13H,6-7,10-11H2,1H3. The molecule has 0 aliphatic carbocycles. The zero-order valence-electron chi connectivity index (χ0n) is 12.0. The molecular weight excluding hydrogens is 271 g/mol. The third kappa shape index (κ3) is 3.49. The Hall–Kier alpha value is -1.72. The summed E-state index contributed by atoms with van der Waals surface area (Å²) < 4.78 is 26.9. The maximum Gasteiger partial charge on any atom is 0.187 e. The number of benzene rings is 1. The number of aryl methyl sites for hydroxylation is 1. The predicted octanol–water partition coefficient (Wildman–Crippen LogP) is 2.79. The molecule has 0 amide bonds. The Labute approximate surface area is 123 Å². The quantitative estimate of drug-likeness (QED) is 0.849. The van der Waals surface area contributed by atoms with Crippen molar-refractivity contribution in [1.29, 1.82) is 0 Å². The van der Waals surface area contributed by atoms with Crippen LogP contribution in [-0.4, -0.2) is 28.0 Å². The van der Waals surface area contributed by atoms with Gasteiger partial charge in [-0.25, -0.2) is 9.37 Å². The van der Waals surface area contributed by atoms with Gasteiger partial charge in [-0.3, -0.25) is 0 Å². The summed E-state index contributed by atoms with van der Waals surface area (Å²) >= 11 is 0. The number of imidazole rings is 1. The lowest BCUT2D eigenvalue weighted by atomic mass is 10.0. The average Bonchev–Trinajstić information content (AvgIpc) is 3.09. The first-order valence-electron chi connectivity index (χ1n) is 7.17. The number of hydrogen-bond acceptors (Lipinski definition) is 3. The molecule has 3 rings (SSSR count). The molecule has 0 spiro atoms. The molecule has 1 fully saturated rings. The number of rotatable bonds is 5. The monoisotopic (exact) mass is 290 g/mol. The molecular formula is C16H19FN2O2. The Morgan fingerprint density at radius 2 is 2.19 bits per heavy atom. The molecule has 5 heteroatoms. The van der Waals surface area contributed by atoms with E-state index < -0.39 is 5.79 Å². The van der Waals surface area contributed by atoms with Crippen molar-refractivity contribution >= 4 is 0 Å². The van der Waals surface area contributed by atoms with E-state index >= 15 is 0 Å². The minimum atomic E-state index is -0.630. The molecule has 4 nitrogen and oxygen atoms in total. The van der Waals surface area contributed by atoms with Crippen molar-refractivity contribution in [1.82, 2.24) is 9.55 Å². The normalized spacial score (nSPS) is 25.3. The third-order valence-corrected chi connectivity index (χ3v) is 3.69. The molecule has 21 heavy (non-hydrogen) atoms. The third-order valence-electron chi connectivity index (χ3n) is 3.69. The van der Waals surface area contributed by atoms with Crippen LogP contribution >= 0.6 is 0 Å². The van der Waals surface area contributed by atoms with Crippen molar-refractivity contribution in [2.45, 2.75) is 38.2 Å². The van der Waals surface area contributed by atoms with Gasteiger partial charge in [-0.05, 0) is 31.0 Å². The van der Waals surface area contributed by atoms with Crippen LogP contribution in [0.5, 0.6) is 0 Å². The van der Waals surface area contributed by atoms with E-state index in [1.54, 1.807) is 24.7 Å². The number of ether oxygens (including phenoxy) is 2. The summed E-state index contributed by atoms with van der Waals surface area (Å²) in [6, 6.07) is 6.57. The summed E-state index contributed by atoms with van der Waals surface area (Å²) in [7, 11) is 0. The van der Waals surface area contributed by atoms with E-state index in [0.29, 0.717) is 13.2 Å². The Kier molecular flexibility index (Phi) is 4.03. The fraction of sp³-hybridized carbons (Fsp3) is 0.438. The van der Waals surface area contributed by atoms with Crippen molar-refractivity contribution in [3.05, 3.63) is 54.4 Å². The van der Waals surface area contributed by atoms with E-state index in [0.717, 1.165) is 18.4 Å². The molecule has 2 aromatic rings. The highest BCUT2D eigenvalue weighted by molar-refractivity contribution is 5.16. The summed E-state index contributed by atoms with van der Waals surface area (Å²) in [6.07, 6.45) is 6.99. The maximum absolute atomic E-state index is 12.9. The Morgan fingerprint density at radius 3 is 2.81 bits per heavy atom. The maximum atomic E-state index is 12.9. The van der Waals surface area contributed by atoms with E-state index in [1.807, 2.05) is 17.7 Å². The Bertz CT molecular complexity index is 570. The van der Waals surface area contributed by atoms with Gasteiger partial charge in [0.05, 0.1) is 25.6 Å². The molecule has 1 aliphatic rings. The van der Waals surface area contributed by atoms with Crippen molar-refractivity contribution in [3.63, 3.8) is 0 Å². The van der Waals surface area contributed by atoms with Gasteiger partial charge in [-0.2, -0.15) is 0 Å². The predicted molar refractivity (Wildman–Crippen MR) is 76.2 cm³/mol. The molecule has 0 N–H and O–H groups in total. The molecule has 112 valence electrons. The van der Waals surface area contributed by atoms with Gasteiger partial charge < -0.3 is 14.0 Å². The smallest absolute Gasteiger partial charge is 0.187 e. The zero-order valence-corrected chi connectivity index (χ0v) is 12.0. The number of aromatic nitrogens is 2. The topological polar surface area (TPSA) is 36.3 Å². The molecule has 2 heterocycles. The second-order valence-corrected chi connectivity index (χ2v) is 5.51. The SMILES string of the molecule is CC1COC(CCc2ccc(F)cc2)(Cn2ccnc2)O1. The van der Waals surface area contributed by atoms with Gasteiger partial charge in [0.25, 0.3) is 0 Å². The van der Waals surface area contributed by atoms with Gasteiger partial charge >= 0.3 is 0 Å². The summed E-state index contributed by atoms with van der Waals surface area (Å²) in [5.74, 6) is -0.844. The van der Waals surface area contributed by atoms with E-state index in [1.165, 1.54) is 12.1 Å². The van der Waals surface area contributed by atoms with Crippen LogP contribution in [0.1, 0.15) is 18.9 Å². The van der Waals surface area contributed by atoms with E-state index in [4.69, 9.17) is 9.47 Å². The van der Waals surface area contributed by atoms with Crippen LogP contribution in [-0.2, 0) is 22.4 Å². The second-order valence-electron chi connectivity index (χ2n) is 5.51. The van der Waals surface area contributed by atoms with E-state index in [-0.39, 0.29) is 11.9 Å². The number of nitrogens with zero attached hydrogens (tertiary/aromatic N) is 2. The van der Waals surface area contributed by atoms with Crippen LogP contribution in [0.25, 0.3) is 0 Å². The van der Waals surface area contributed by atoms with Crippen molar-refractivity contribution < 1.29 is 13.9 Å². The first-order chi connectivity index (χ1) is 10.2. The van der Waals surface area contributed by atoms with Crippen LogP contribution in [0.4, 0.5) is 4.39 Å². The molecule has 2 unspecified atom stereocenters. The van der Waals surface area contributed by atoms with Gasteiger partial charge in [0, 0.05) is 18.8 Å². The lowest BCUT2D eigenvalue weighted by Crippen LogP contribution is -2.36. The van der Waals surface area contributed by atoms with Gasteiger partial charge in [-0.1, -0.05) is 12.1 Å². The van der Waals surface area contributed by atoms with Crippen LogP contribution in [0, 0.1) is 5.82 Å². The van der Waals surface area contributed by atoms with E-state index in [9.17, 15) is 4.39 Å². The number of hydrogen-bond donors (Lipinski definition) is 0. The molecule has 0 radical (unpaired) electrons. The highest BCUT2D eigenvalue weighted by atomic mass is 19.1. The summed E-state index contributed by atoms with van der Waals surface area (Å²) in [5, 5.41) is 0. The first-order valence-corrected chi connectivity index (χ1v) is 7.17. The summed E-state index contributed by atoms with van der Waals surface area (Å²) in [5.41, 5.74) is 1.08. The van der Waals surface area contributed by atoms with Gasteiger partial charge in [0.1, 0.15) is 5.82 Å². The van der Waals surface area contributed by atoms with Gasteiger partial charge in [-0.15, -0.1) is 0 Å². The van der Waals surface area contributed by atoms with Crippen LogP contribution in [0.2, 0.25) is 0 Å². The average molecular weight is 290 g/mol. The van der Waals surface area contributed by atoms with Crippen LogP contribution in [0.15, 0.2) is 43.0 Å². The van der Waals surface area contributed by atoms with E-state index in [2.05, 4.69) is 4.98 Å². The lowest BCUT2D eigenvalue weighted by molar-refractivity contribution is -0.180. The van der Waals surface area contributed by atoms with Crippen molar-refractivity contribution in [2.24, 2.45) is 0 Å². The number of halogens is 1. The first kappa shape index (κ1) is 14.2. The summed E-state index contributed by atoms with van der Waals surface area (Å²) in [6.45, 7) is 3.21. The molecule has 1 aromatic carbocycles. The second kappa shape index (κ2) is 5.95. The van der Waals surface area contributed by atoms with Crippen molar-refractivity contribution in [2.75, 3.05) is 6.61 Å². The Balaban J connectivity index is 1.69. The molecule has 1 saturated heterocycles. The van der Waals surface area contributed by atoms with Gasteiger partial charge in [0.2, 0.25) is 0 Å². The molecule has 1 aromatic heterocycles. The van der Waals surface area contributed by atoms with Gasteiger partial charge in [0.15, 0.2) is 5.79 Å². The minimum absolute atomic E-state index is 0.0849. The van der Waals surface area contributed by atoms with Crippen molar-refractivity contribution in [3.8, 4) is 0 Å². The summed E-state index contributed by atoms with van der Waals surface area (Å²) in [4.78, 5) is 4.05. The lowest BCUT2D eigenvalue weighted by Gasteiger charge is -2.28. The largest absolute Gasteiger partial charge is 0.345 e. The fourth-order valence-electron chi connectivity index (χ4n) is 2.64. The van der Waals surface area contributed by atoms with Crippen LogP contribution in [0.3, 0.4) is 0 Å². The fourth-order valence-corrected chi connectivity index (χ4v) is 2.64. The van der Waals surface area contributed by atoms with Crippen LogP contribution < -0.4 is 0 Å². The minimum Gasteiger partial charge on any atom is -0.345 e. The molecule has 1 aliphatic heterocycles. The highest BCUT2D eigenvalue weighted by Crippen LogP contribution is 2.30. The Morgan fingerprint density at radius 1 is 1.38 bits per heavy atom. The zero-order chi connectivity index (χ0) is 14.7. The molecule has 2 atom stereocenters. The molecule has 0 saturated carbocycles. The highest BCUT2D eigenvalue weighted by Gasteiger charge is 2.39.